The Balaban J connectivity index is 1.50. The molecule has 3 unspecified atom stereocenters. The quantitative estimate of drug-likeness (QED) is 0.564. The third kappa shape index (κ3) is 3.55. The first-order valence-corrected chi connectivity index (χ1v) is 12.5. The zero-order valence-corrected chi connectivity index (χ0v) is 19.7. The van der Waals surface area contributed by atoms with Gasteiger partial charge in [-0.05, 0) is 68.3 Å². The number of hydrogen-bond donors (Lipinski definition) is 0. The van der Waals surface area contributed by atoms with Crippen LogP contribution in [0.1, 0.15) is 38.7 Å². The number of carbonyl (C=O) groups excluding carboxylic acids is 1. The van der Waals surface area contributed by atoms with Gasteiger partial charge in [0.2, 0.25) is 0 Å². The molecule has 1 amide bonds. The average molecular weight is 471 g/mol. The number of carbonyl (C=O) groups is 1. The number of alkyl halides is 1. The summed E-state index contributed by atoms with van der Waals surface area (Å²) in [6.45, 7) is 4.41. The minimum absolute atomic E-state index is 0.0121. The molecule has 6 rings (SSSR count). The van der Waals surface area contributed by atoms with Gasteiger partial charge in [0.1, 0.15) is 11.9 Å². The van der Waals surface area contributed by atoms with Gasteiger partial charge in [-0.25, -0.2) is 8.78 Å². The first kappa shape index (κ1) is 21.4. The van der Waals surface area contributed by atoms with Crippen LogP contribution in [-0.2, 0) is 16.0 Å². The summed E-state index contributed by atoms with van der Waals surface area (Å²) < 4.78 is 37.7. The minimum atomic E-state index is -1.52. The van der Waals surface area contributed by atoms with Crippen molar-refractivity contribution < 1.29 is 18.3 Å². The van der Waals surface area contributed by atoms with Crippen LogP contribution in [0.25, 0.3) is 11.1 Å². The fourth-order valence-electron chi connectivity index (χ4n) is 5.84. The van der Waals surface area contributed by atoms with Crippen LogP contribution in [0.5, 0.6) is 0 Å². The molecule has 1 spiro atoms. The molecule has 0 radical (unpaired) electrons. The molecular weight excluding hydrogens is 442 g/mol. The molecule has 2 aromatic carbocycles. The fourth-order valence-corrected chi connectivity index (χ4v) is 7.09. The van der Waals surface area contributed by atoms with E-state index >= 15 is 4.39 Å². The second-order valence-electron chi connectivity index (χ2n) is 10.3. The molecule has 7 heteroatoms. The van der Waals surface area contributed by atoms with E-state index in [1.807, 2.05) is 35.2 Å². The van der Waals surface area contributed by atoms with E-state index in [1.165, 1.54) is 11.9 Å². The summed E-state index contributed by atoms with van der Waals surface area (Å²) in [5.74, 6) is -0.275. The van der Waals surface area contributed by atoms with Gasteiger partial charge in [-0.1, -0.05) is 30.3 Å². The summed E-state index contributed by atoms with van der Waals surface area (Å²) in [6, 6.07) is 12.7. The maximum absolute atomic E-state index is 15.2. The van der Waals surface area contributed by atoms with Gasteiger partial charge in [0.15, 0.2) is 5.00 Å². The van der Waals surface area contributed by atoms with Crippen molar-refractivity contribution in [3.05, 3.63) is 53.8 Å². The van der Waals surface area contributed by atoms with Crippen LogP contribution in [-0.4, -0.2) is 47.1 Å². The Bertz CT molecular complexity index is 1100. The molecule has 1 aliphatic carbocycles. The summed E-state index contributed by atoms with van der Waals surface area (Å²) in [4.78, 5) is 15.3. The first-order valence-electron chi connectivity index (χ1n) is 11.7. The van der Waals surface area contributed by atoms with Crippen LogP contribution < -0.4 is 4.31 Å². The Morgan fingerprint density at radius 3 is 2.55 bits per heavy atom. The van der Waals surface area contributed by atoms with Crippen molar-refractivity contribution >= 4 is 23.5 Å². The SMILES string of the molecule is CC(C)(F)SN1c2c(cc(F)cc2-c2ccccc2)CC2C1C1(CC1)CN2C(=O)C1CCO1. The summed E-state index contributed by atoms with van der Waals surface area (Å²) in [5.41, 5.74) is 3.37. The van der Waals surface area contributed by atoms with Crippen LogP contribution in [0.15, 0.2) is 42.5 Å². The molecule has 1 saturated carbocycles. The van der Waals surface area contributed by atoms with E-state index < -0.39 is 5.00 Å². The van der Waals surface area contributed by atoms with Crippen molar-refractivity contribution in [2.24, 2.45) is 5.41 Å². The van der Waals surface area contributed by atoms with Gasteiger partial charge >= 0.3 is 0 Å². The molecule has 3 aliphatic heterocycles. The number of anilines is 1. The lowest BCUT2D eigenvalue weighted by Crippen LogP contribution is -2.54. The van der Waals surface area contributed by atoms with Crippen LogP contribution >= 0.6 is 11.9 Å². The first-order chi connectivity index (χ1) is 15.8. The van der Waals surface area contributed by atoms with Crippen molar-refractivity contribution in [1.29, 1.82) is 0 Å². The zero-order valence-electron chi connectivity index (χ0n) is 18.9. The van der Waals surface area contributed by atoms with Gasteiger partial charge in [-0.2, -0.15) is 0 Å². The summed E-state index contributed by atoms with van der Waals surface area (Å²) in [6.07, 6.45) is 2.99. The molecule has 0 N–H and O–H groups in total. The van der Waals surface area contributed by atoms with Gasteiger partial charge in [-0.15, -0.1) is 0 Å². The molecule has 0 bridgehead atoms. The van der Waals surface area contributed by atoms with Crippen molar-refractivity contribution in [3.8, 4) is 11.1 Å². The van der Waals surface area contributed by atoms with Gasteiger partial charge in [0, 0.05) is 23.9 Å². The van der Waals surface area contributed by atoms with Crippen LogP contribution in [0.3, 0.4) is 0 Å². The predicted molar refractivity (Wildman–Crippen MR) is 126 cm³/mol. The molecule has 4 nitrogen and oxygen atoms in total. The molecule has 2 saturated heterocycles. The lowest BCUT2D eigenvalue weighted by Gasteiger charge is -2.45. The largest absolute Gasteiger partial charge is 0.368 e. The number of ether oxygens (including phenoxy) is 1. The van der Waals surface area contributed by atoms with E-state index in [2.05, 4.69) is 4.31 Å². The van der Waals surface area contributed by atoms with Crippen molar-refractivity contribution in [3.63, 3.8) is 0 Å². The molecule has 3 fully saturated rings. The van der Waals surface area contributed by atoms with Crippen LogP contribution in [0, 0.1) is 11.2 Å². The molecule has 174 valence electrons. The lowest BCUT2D eigenvalue weighted by atomic mass is 9.85. The number of nitrogens with zero attached hydrogens (tertiary/aromatic N) is 2. The van der Waals surface area contributed by atoms with E-state index in [-0.39, 0.29) is 35.3 Å². The Hall–Kier alpha value is -2.12. The highest BCUT2D eigenvalue weighted by molar-refractivity contribution is 8.01. The smallest absolute Gasteiger partial charge is 0.252 e. The molecular formula is C26H28F2N2O2S. The number of fused-ring (bicyclic) bond motifs is 3. The monoisotopic (exact) mass is 470 g/mol. The Kier molecular flexibility index (Phi) is 4.83. The third-order valence-corrected chi connectivity index (χ3v) is 8.52. The maximum Gasteiger partial charge on any atom is 0.252 e. The zero-order chi connectivity index (χ0) is 23.0. The second kappa shape index (κ2) is 7.44. The van der Waals surface area contributed by atoms with Gasteiger partial charge < -0.3 is 13.9 Å². The normalized spacial score (nSPS) is 27.2. The fraction of sp³-hybridized carbons (Fsp3) is 0.500. The van der Waals surface area contributed by atoms with Crippen molar-refractivity contribution in [1.82, 2.24) is 4.90 Å². The van der Waals surface area contributed by atoms with Gasteiger partial charge in [0.05, 0.1) is 24.4 Å². The molecule has 3 heterocycles. The van der Waals surface area contributed by atoms with Gasteiger partial charge in [-0.3, -0.25) is 4.79 Å². The summed E-state index contributed by atoms with van der Waals surface area (Å²) in [7, 11) is 0. The standard InChI is InChI=1S/C26H28F2N2O2S/c1-25(2,28)33-30-22-17(12-18(27)14-19(22)16-6-4-3-5-7-16)13-20-23(30)26(9-10-26)15-29(20)24(31)21-8-11-32-21/h3-7,12,14,20-21,23H,8-11,13,15H2,1-2H3. The van der Waals surface area contributed by atoms with E-state index in [0.29, 0.717) is 19.6 Å². The molecule has 33 heavy (non-hydrogen) atoms. The average Bonchev–Trinajstić information content (AvgIpc) is 3.41. The number of hydrogen-bond acceptors (Lipinski definition) is 4. The third-order valence-electron chi connectivity index (χ3n) is 7.48. The number of halogens is 2. The molecule has 2 aromatic rings. The van der Waals surface area contributed by atoms with E-state index in [1.54, 1.807) is 26.0 Å². The number of amides is 1. The van der Waals surface area contributed by atoms with Crippen molar-refractivity contribution in [2.45, 2.75) is 62.7 Å². The van der Waals surface area contributed by atoms with Crippen molar-refractivity contribution in [2.75, 3.05) is 17.5 Å². The minimum Gasteiger partial charge on any atom is -0.368 e. The Morgan fingerprint density at radius 1 is 1.21 bits per heavy atom. The Morgan fingerprint density at radius 2 is 1.94 bits per heavy atom. The number of benzene rings is 2. The number of likely N-dealkylation sites (tertiary alicyclic amines) is 1. The molecule has 4 aliphatic rings. The van der Waals surface area contributed by atoms with E-state index in [4.69, 9.17) is 4.74 Å². The maximum atomic E-state index is 15.2. The van der Waals surface area contributed by atoms with E-state index in [9.17, 15) is 9.18 Å². The highest BCUT2D eigenvalue weighted by Gasteiger charge is 2.65. The number of rotatable bonds is 4. The van der Waals surface area contributed by atoms with Crippen LogP contribution in [0.4, 0.5) is 14.5 Å². The summed E-state index contributed by atoms with van der Waals surface area (Å²) >= 11 is 1.17. The molecule has 3 atom stereocenters. The summed E-state index contributed by atoms with van der Waals surface area (Å²) in [5, 5.41) is -1.52. The predicted octanol–water partition coefficient (Wildman–Crippen LogP) is 5.36. The highest BCUT2D eigenvalue weighted by atomic mass is 32.2. The Labute approximate surface area is 197 Å². The van der Waals surface area contributed by atoms with Gasteiger partial charge in [0.25, 0.3) is 5.91 Å². The van der Waals surface area contributed by atoms with Crippen LogP contribution in [0.2, 0.25) is 0 Å². The highest BCUT2D eigenvalue weighted by Crippen LogP contribution is 2.62. The van der Waals surface area contributed by atoms with E-state index in [0.717, 1.165) is 41.6 Å². The topological polar surface area (TPSA) is 32.8 Å². The second-order valence-corrected chi connectivity index (χ2v) is 11.8. The lowest BCUT2D eigenvalue weighted by molar-refractivity contribution is -0.157. The molecule has 0 aromatic heterocycles.